The minimum atomic E-state index is -0.881. The van der Waals surface area contributed by atoms with E-state index in [4.69, 9.17) is 21.1 Å². The van der Waals surface area contributed by atoms with Crippen LogP contribution in [0.1, 0.15) is 15.9 Å². The van der Waals surface area contributed by atoms with Crippen LogP contribution in [0, 0.1) is 11.8 Å². The van der Waals surface area contributed by atoms with Gasteiger partial charge >= 0.3 is 0 Å². The molecule has 2 fully saturated rings. The predicted octanol–water partition coefficient (Wildman–Crippen LogP) is 5.10. The van der Waals surface area contributed by atoms with Gasteiger partial charge in [-0.2, -0.15) is 0 Å². The molecule has 0 bridgehead atoms. The molecule has 184 valence electrons. The summed E-state index contributed by atoms with van der Waals surface area (Å²) in [7, 11) is 0. The fraction of sp³-hybridized carbons (Fsp3) is 0.179. The first-order chi connectivity index (χ1) is 17.9. The molecule has 37 heavy (non-hydrogen) atoms. The summed E-state index contributed by atoms with van der Waals surface area (Å²) in [5.41, 5.74) is 2.48. The van der Waals surface area contributed by atoms with E-state index in [0.29, 0.717) is 27.8 Å². The molecule has 4 aliphatic rings. The third-order valence-electron chi connectivity index (χ3n) is 7.48. The van der Waals surface area contributed by atoms with Gasteiger partial charge in [0.2, 0.25) is 18.6 Å². The number of ketones is 1. The zero-order chi connectivity index (χ0) is 25.4. The van der Waals surface area contributed by atoms with E-state index >= 15 is 0 Å². The molecule has 3 aromatic carbocycles. The van der Waals surface area contributed by atoms with Crippen LogP contribution in [0.15, 0.2) is 71.2 Å². The maximum Gasteiger partial charge on any atom is 0.240 e. The van der Waals surface area contributed by atoms with Crippen LogP contribution in [0.5, 0.6) is 11.5 Å². The van der Waals surface area contributed by atoms with Gasteiger partial charge in [-0.3, -0.25) is 14.4 Å². The molecule has 0 N–H and O–H groups in total. The Morgan fingerprint density at radius 3 is 2.49 bits per heavy atom. The maximum absolute atomic E-state index is 14.1. The van der Waals surface area contributed by atoms with E-state index in [1.165, 1.54) is 4.90 Å². The van der Waals surface area contributed by atoms with Gasteiger partial charge in [0.1, 0.15) is 6.04 Å². The molecule has 0 saturated carbocycles. The number of halogens is 2. The number of hydrogen-bond donors (Lipinski definition) is 0. The van der Waals surface area contributed by atoms with Crippen LogP contribution in [0.4, 0.5) is 11.4 Å². The SMILES string of the molecule is O=C(c1ccc(Br)cc1)C1C2C(=O)N(c3ccc4c(c3)OCO4)C(=O)C2C2C=Cc3ccc(Cl)cc3N21. The summed E-state index contributed by atoms with van der Waals surface area (Å²) >= 11 is 9.76. The summed E-state index contributed by atoms with van der Waals surface area (Å²) in [4.78, 5) is 45.1. The molecule has 4 atom stereocenters. The Balaban J connectivity index is 1.36. The highest BCUT2D eigenvalue weighted by atomic mass is 79.9. The van der Waals surface area contributed by atoms with Gasteiger partial charge < -0.3 is 14.4 Å². The monoisotopic (exact) mass is 576 g/mol. The van der Waals surface area contributed by atoms with Gasteiger partial charge in [-0.05, 0) is 42.0 Å². The van der Waals surface area contributed by atoms with Gasteiger partial charge in [-0.1, -0.05) is 57.9 Å². The van der Waals surface area contributed by atoms with Crippen molar-refractivity contribution < 1.29 is 23.9 Å². The van der Waals surface area contributed by atoms with E-state index in [1.54, 1.807) is 54.6 Å². The highest BCUT2D eigenvalue weighted by Gasteiger charge is 2.64. The number of fused-ring (bicyclic) bond motifs is 6. The first-order valence-corrected chi connectivity index (χ1v) is 12.9. The van der Waals surface area contributed by atoms with Gasteiger partial charge in [-0.25, -0.2) is 4.90 Å². The predicted molar refractivity (Wildman–Crippen MR) is 141 cm³/mol. The first-order valence-electron chi connectivity index (χ1n) is 11.8. The molecule has 2 saturated heterocycles. The average molecular weight is 578 g/mol. The Hall–Kier alpha value is -3.62. The third-order valence-corrected chi connectivity index (χ3v) is 8.25. The van der Waals surface area contributed by atoms with Crippen molar-refractivity contribution in [1.29, 1.82) is 0 Å². The summed E-state index contributed by atoms with van der Waals surface area (Å²) in [6, 6.07) is 16.1. The normalized spacial score (nSPS) is 24.8. The van der Waals surface area contributed by atoms with Crippen molar-refractivity contribution in [3.8, 4) is 11.5 Å². The minimum Gasteiger partial charge on any atom is -0.454 e. The molecule has 0 aromatic heterocycles. The number of imide groups is 1. The third kappa shape index (κ3) is 3.29. The molecule has 4 aliphatic heterocycles. The molecule has 9 heteroatoms. The number of nitrogens with zero attached hydrogens (tertiary/aromatic N) is 2. The van der Waals surface area contributed by atoms with E-state index in [2.05, 4.69) is 15.9 Å². The molecular weight excluding hydrogens is 560 g/mol. The minimum absolute atomic E-state index is 0.0828. The van der Waals surface area contributed by atoms with Crippen molar-refractivity contribution in [2.45, 2.75) is 12.1 Å². The van der Waals surface area contributed by atoms with E-state index in [0.717, 1.165) is 15.7 Å². The Labute approximate surface area is 225 Å². The molecule has 7 rings (SSSR count). The lowest BCUT2D eigenvalue weighted by molar-refractivity contribution is -0.122. The van der Waals surface area contributed by atoms with Crippen LogP contribution < -0.4 is 19.3 Å². The van der Waals surface area contributed by atoms with Crippen LogP contribution in [-0.2, 0) is 9.59 Å². The smallest absolute Gasteiger partial charge is 0.240 e. The van der Waals surface area contributed by atoms with E-state index in [-0.39, 0.29) is 18.5 Å². The van der Waals surface area contributed by atoms with Crippen molar-refractivity contribution in [3.05, 3.63) is 87.4 Å². The van der Waals surface area contributed by atoms with Crippen molar-refractivity contribution in [2.75, 3.05) is 16.6 Å². The summed E-state index contributed by atoms with van der Waals surface area (Å²) in [6.45, 7) is 0.0828. The lowest BCUT2D eigenvalue weighted by Crippen LogP contribution is -2.48. The molecule has 3 aromatic rings. The van der Waals surface area contributed by atoms with Crippen LogP contribution in [0.3, 0.4) is 0 Å². The number of benzene rings is 3. The van der Waals surface area contributed by atoms with Gasteiger partial charge in [0.15, 0.2) is 17.3 Å². The molecule has 4 heterocycles. The molecular formula is C28H18BrClN2O5. The fourth-order valence-electron chi connectivity index (χ4n) is 5.90. The Morgan fingerprint density at radius 1 is 0.919 bits per heavy atom. The topological polar surface area (TPSA) is 76.1 Å². The number of rotatable bonds is 3. The van der Waals surface area contributed by atoms with Gasteiger partial charge in [0.05, 0.1) is 23.6 Å². The van der Waals surface area contributed by atoms with Crippen LogP contribution >= 0.6 is 27.5 Å². The number of hydrogen-bond acceptors (Lipinski definition) is 6. The van der Waals surface area contributed by atoms with Gasteiger partial charge in [0, 0.05) is 26.8 Å². The number of amides is 2. The largest absolute Gasteiger partial charge is 0.454 e. The number of anilines is 2. The highest BCUT2D eigenvalue weighted by molar-refractivity contribution is 9.10. The second kappa shape index (κ2) is 8.19. The standard InChI is InChI=1S/C28H18BrClN2O5/c29-16-5-1-15(2-6-16)26(33)25-24-23(19-9-4-14-3-7-17(30)11-20(14)32(19)25)27(34)31(28(24)35)18-8-10-21-22(12-18)37-13-36-21/h1-12,19,23-25H,13H2. The van der Waals surface area contributed by atoms with Crippen molar-refractivity contribution in [2.24, 2.45) is 11.8 Å². The summed E-state index contributed by atoms with van der Waals surface area (Å²) in [5.74, 6) is -1.54. The molecule has 7 nitrogen and oxygen atoms in total. The Morgan fingerprint density at radius 2 is 1.68 bits per heavy atom. The van der Waals surface area contributed by atoms with E-state index in [9.17, 15) is 14.4 Å². The average Bonchev–Trinajstić information content (AvgIpc) is 3.57. The van der Waals surface area contributed by atoms with E-state index < -0.39 is 29.8 Å². The quantitative estimate of drug-likeness (QED) is 0.318. The molecule has 2 amide bonds. The second-order valence-electron chi connectivity index (χ2n) is 9.38. The van der Waals surface area contributed by atoms with Crippen molar-refractivity contribution in [3.63, 3.8) is 0 Å². The maximum atomic E-state index is 14.1. The van der Waals surface area contributed by atoms with Crippen LogP contribution in [-0.4, -0.2) is 36.5 Å². The number of Topliss-reactive ketones (excluding diaryl/α,β-unsaturated/α-hetero) is 1. The van der Waals surface area contributed by atoms with Gasteiger partial charge in [-0.15, -0.1) is 0 Å². The zero-order valence-corrected chi connectivity index (χ0v) is 21.5. The number of carbonyl (C=O) groups excluding carboxylic acids is 3. The molecule has 4 unspecified atom stereocenters. The van der Waals surface area contributed by atoms with Crippen LogP contribution in [0.2, 0.25) is 5.02 Å². The van der Waals surface area contributed by atoms with Gasteiger partial charge in [0.25, 0.3) is 0 Å². The number of ether oxygens (including phenoxy) is 2. The molecule has 0 aliphatic carbocycles. The Kier molecular flexibility index (Phi) is 5.00. The van der Waals surface area contributed by atoms with Crippen molar-refractivity contribution >= 4 is 62.6 Å². The van der Waals surface area contributed by atoms with Crippen LogP contribution in [0.25, 0.3) is 6.08 Å². The lowest BCUT2D eigenvalue weighted by atomic mass is 9.86. The lowest BCUT2D eigenvalue weighted by Gasteiger charge is -2.36. The fourth-order valence-corrected chi connectivity index (χ4v) is 6.33. The second-order valence-corrected chi connectivity index (χ2v) is 10.7. The Bertz CT molecular complexity index is 1540. The highest BCUT2D eigenvalue weighted by Crippen LogP contribution is 2.51. The summed E-state index contributed by atoms with van der Waals surface area (Å²) in [6.07, 6.45) is 3.84. The van der Waals surface area contributed by atoms with Crippen molar-refractivity contribution in [1.82, 2.24) is 0 Å². The van der Waals surface area contributed by atoms with E-state index in [1.807, 2.05) is 23.1 Å². The first kappa shape index (κ1) is 22.6. The summed E-state index contributed by atoms with van der Waals surface area (Å²) in [5, 5.41) is 0.513. The zero-order valence-electron chi connectivity index (χ0n) is 19.1. The number of carbonyl (C=O) groups is 3. The molecule has 0 radical (unpaired) electrons. The molecule has 0 spiro atoms. The summed E-state index contributed by atoms with van der Waals surface area (Å²) < 4.78 is 11.7.